The highest BCUT2D eigenvalue weighted by atomic mass is 32.2. The summed E-state index contributed by atoms with van der Waals surface area (Å²) in [7, 11) is 0. The normalized spacial score (nSPS) is 16.4. The molecule has 7 heteroatoms. The van der Waals surface area contributed by atoms with Crippen LogP contribution >= 0.6 is 11.8 Å². The smallest absolute Gasteiger partial charge is 0.344 e. The lowest BCUT2D eigenvalue weighted by Crippen LogP contribution is -2.12. The first-order valence-electron chi connectivity index (χ1n) is 9.54. The zero-order valence-electron chi connectivity index (χ0n) is 17.0. The van der Waals surface area contributed by atoms with Gasteiger partial charge in [-0.05, 0) is 62.2 Å². The average molecular weight is 426 g/mol. The number of rotatable bonds is 6. The number of esters is 1. The number of thioether (sulfide) groups is 1. The van der Waals surface area contributed by atoms with Crippen LogP contribution in [-0.2, 0) is 9.53 Å². The molecule has 0 aliphatic carbocycles. The molecule has 3 rings (SSSR count). The maximum atomic E-state index is 12.5. The molecular weight excluding hydrogens is 402 g/mol. The van der Waals surface area contributed by atoms with E-state index in [9.17, 15) is 15.0 Å². The molecule has 2 aromatic rings. The van der Waals surface area contributed by atoms with Crippen molar-refractivity contribution in [1.29, 1.82) is 0 Å². The molecule has 6 nitrogen and oxygen atoms in total. The Bertz CT molecular complexity index is 1060. The Hall–Kier alpha value is -3.19. The van der Waals surface area contributed by atoms with Gasteiger partial charge in [0.1, 0.15) is 16.4 Å². The summed E-state index contributed by atoms with van der Waals surface area (Å²) in [5, 5.41) is 21.0. The molecule has 0 saturated carbocycles. The van der Waals surface area contributed by atoms with Crippen molar-refractivity contribution < 1.29 is 24.5 Å². The van der Waals surface area contributed by atoms with Crippen LogP contribution in [0.1, 0.15) is 25.0 Å². The summed E-state index contributed by atoms with van der Waals surface area (Å²) in [4.78, 5) is 17.5. The van der Waals surface area contributed by atoms with Crippen LogP contribution in [0.4, 0.5) is 5.69 Å². The number of phenols is 1. The highest BCUT2D eigenvalue weighted by Gasteiger charge is 2.33. The van der Waals surface area contributed by atoms with Crippen LogP contribution in [0.25, 0.3) is 6.08 Å². The first kappa shape index (κ1) is 21.5. The minimum Gasteiger partial charge on any atom is -0.506 e. The fraction of sp³-hybridized carbons (Fsp3) is 0.217. The van der Waals surface area contributed by atoms with Gasteiger partial charge in [0.15, 0.2) is 11.5 Å². The average Bonchev–Trinajstić information content (AvgIpc) is 2.99. The lowest BCUT2D eigenvalue weighted by atomic mass is 10.1. The molecule has 0 radical (unpaired) electrons. The third-order valence-electron chi connectivity index (χ3n) is 4.18. The summed E-state index contributed by atoms with van der Waals surface area (Å²) in [5.74, 6) is -0.432. The van der Waals surface area contributed by atoms with Crippen molar-refractivity contribution in [3.63, 3.8) is 0 Å². The molecule has 1 heterocycles. The van der Waals surface area contributed by atoms with E-state index in [1.165, 1.54) is 17.8 Å². The zero-order chi connectivity index (χ0) is 21.7. The molecule has 0 amide bonds. The molecule has 0 saturated heterocycles. The summed E-state index contributed by atoms with van der Waals surface area (Å²) in [5.41, 5.74) is 2.45. The largest absolute Gasteiger partial charge is 0.506 e. The van der Waals surface area contributed by atoms with Crippen molar-refractivity contribution in [3.05, 3.63) is 69.8 Å². The van der Waals surface area contributed by atoms with E-state index in [2.05, 4.69) is 4.99 Å². The molecule has 1 aliphatic heterocycles. The van der Waals surface area contributed by atoms with E-state index in [1.807, 2.05) is 38.1 Å². The molecular formula is C23H23NO5S. The predicted octanol–water partition coefficient (Wildman–Crippen LogP) is 5.29. The van der Waals surface area contributed by atoms with Crippen LogP contribution in [0.3, 0.4) is 0 Å². The first-order valence-corrected chi connectivity index (χ1v) is 10.4. The second-order valence-corrected chi connectivity index (χ2v) is 7.50. The number of aromatic hydroxyl groups is 1. The van der Waals surface area contributed by atoms with Gasteiger partial charge in [-0.2, -0.15) is 0 Å². The fourth-order valence-corrected chi connectivity index (χ4v) is 3.88. The Balaban J connectivity index is 2.03. The molecule has 0 aromatic heterocycles. The van der Waals surface area contributed by atoms with E-state index in [4.69, 9.17) is 9.47 Å². The van der Waals surface area contributed by atoms with Crippen molar-refractivity contribution in [2.24, 2.45) is 4.99 Å². The predicted molar refractivity (Wildman–Crippen MR) is 119 cm³/mol. The SMILES string of the molecule is CCOC(=O)C1=C(O)/C(=C\c2ccc(O)c(OCC)c2)SC1=Nc1cccc(C)c1. The van der Waals surface area contributed by atoms with Crippen LogP contribution in [0, 0.1) is 6.92 Å². The van der Waals surface area contributed by atoms with E-state index < -0.39 is 5.97 Å². The zero-order valence-corrected chi connectivity index (χ0v) is 17.8. The number of aryl methyl sites for hydroxylation is 1. The Morgan fingerprint density at radius 1 is 1.13 bits per heavy atom. The van der Waals surface area contributed by atoms with Gasteiger partial charge >= 0.3 is 5.97 Å². The van der Waals surface area contributed by atoms with Crippen molar-refractivity contribution in [2.45, 2.75) is 20.8 Å². The van der Waals surface area contributed by atoms with E-state index in [0.717, 1.165) is 5.56 Å². The van der Waals surface area contributed by atoms with E-state index >= 15 is 0 Å². The molecule has 0 unspecified atom stereocenters. The molecule has 2 aromatic carbocycles. The van der Waals surface area contributed by atoms with Gasteiger partial charge in [0.2, 0.25) is 0 Å². The van der Waals surface area contributed by atoms with Crippen molar-refractivity contribution >= 4 is 34.5 Å². The second-order valence-electron chi connectivity index (χ2n) is 6.47. The molecule has 156 valence electrons. The highest BCUT2D eigenvalue weighted by Crippen LogP contribution is 2.41. The van der Waals surface area contributed by atoms with E-state index in [0.29, 0.717) is 33.6 Å². The highest BCUT2D eigenvalue weighted by molar-refractivity contribution is 8.18. The molecule has 0 atom stereocenters. The molecule has 30 heavy (non-hydrogen) atoms. The summed E-state index contributed by atoms with van der Waals surface area (Å²) < 4.78 is 10.5. The number of aliphatic hydroxyl groups is 1. The Morgan fingerprint density at radius 2 is 1.93 bits per heavy atom. The van der Waals surface area contributed by atoms with Gasteiger partial charge in [0.25, 0.3) is 0 Å². The maximum absolute atomic E-state index is 12.5. The monoisotopic (exact) mass is 425 g/mol. The number of benzene rings is 2. The number of hydrogen-bond donors (Lipinski definition) is 2. The number of carbonyl (C=O) groups is 1. The lowest BCUT2D eigenvalue weighted by Gasteiger charge is -2.07. The van der Waals surface area contributed by atoms with Crippen molar-refractivity contribution in [2.75, 3.05) is 13.2 Å². The summed E-state index contributed by atoms with van der Waals surface area (Å²) in [6.45, 7) is 6.08. The number of ether oxygens (including phenoxy) is 2. The molecule has 1 aliphatic rings. The van der Waals surface area contributed by atoms with Crippen LogP contribution in [0.15, 0.2) is 63.7 Å². The molecule has 0 fully saturated rings. The van der Waals surface area contributed by atoms with E-state index in [1.54, 1.807) is 25.1 Å². The number of nitrogens with zero attached hydrogens (tertiary/aromatic N) is 1. The molecule has 2 N–H and O–H groups in total. The quantitative estimate of drug-likeness (QED) is 0.611. The van der Waals surface area contributed by atoms with E-state index in [-0.39, 0.29) is 23.7 Å². The van der Waals surface area contributed by atoms with Gasteiger partial charge in [-0.15, -0.1) is 0 Å². The second kappa shape index (κ2) is 9.54. The van der Waals surface area contributed by atoms with Gasteiger partial charge in [-0.25, -0.2) is 9.79 Å². The van der Waals surface area contributed by atoms with Crippen LogP contribution in [0.5, 0.6) is 11.5 Å². The van der Waals surface area contributed by atoms with Crippen LogP contribution < -0.4 is 4.74 Å². The summed E-state index contributed by atoms with van der Waals surface area (Å²) >= 11 is 1.18. The number of aliphatic hydroxyl groups excluding tert-OH is 1. The van der Waals surface area contributed by atoms with Gasteiger partial charge in [-0.3, -0.25) is 0 Å². The van der Waals surface area contributed by atoms with Crippen molar-refractivity contribution in [3.8, 4) is 11.5 Å². The molecule has 0 bridgehead atoms. The third kappa shape index (κ3) is 4.86. The Morgan fingerprint density at radius 3 is 2.63 bits per heavy atom. The Kier molecular flexibility index (Phi) is 6.84. The Labute approximate surface area is 179 Å². The molecule has 0 spiro atoms. The minimum atomic E-state index is -0.627. The summed E-state index contributed by atoms with van der Waals surface area (Å²) in [6, 6.07) is 12.4. The first-order chi connectivity index (χ1) is 14.4. The standard InChI is InChI=1S/C23H23NO5S/c1-4-28-18-12-15(9-10-17(18)25)13-19-21(26)20(23(27)29-5-2)22(30-19)24-16-8-6-7-14(3)11-16/h6-13,25-26H,4-5H2,1-3H3/b19-13+,24-22?. The number of aliphatic imine (C=N–C) groups is 1. The lowest BCUT2D eigenvalue weighted by molar-refractivity contribution is -0.138. The van der Waals surface area contributed by atoms with Crippen LogP contribution in [-0.4, -0.2) is 34.4 Å². The summed E-state index contributed by atoms with van der Waals surface area (Å²) in [6.07, 6.45) is 1.71. The third-order valence-corrected chi connectivity index (χ3v) is 5.20. The van der Waals surface area contributed by atoms with Crippen LogP contribution in [0.2, 0.25) is 0 Å². The van der Waals surface area contributed by atoms with Gasteiger partial charge in [-0.1, -0.05) is 30.0 Å². The topological polar surface area (TPSA) is 88.4 Å². The number of hydrogen-bond acceptors (Lipinski definition) is 7. The van der Waals surface area contributed by atoms with Crippen molar-refractivity contribution in [1.82, 2.24) is 0 Å². The minimum absolute atomic E-state index is 0.0340. The van der Waals surface area contributed by atoms with Gasteiger partial charge < -0.3 is 19.7 Å². The maximum Gasteiger partial charge on any atom is 0.344 e. The number of carbonyl (C=O) groups excluding carboxylic acids is 1. The van der Waals surface area contributed by atoms with Gasteiger partial charge in [0, 0.05) is 0 Å². The van der Waals surface area contributed by atoms with Gasteiger partial charge in [0.05, 0.1) is 23.8 Å². The fourth-order valence-electron chi connectivity index (χ4n) is 2.85. The number of phenolic OH excluding ortho intramolecular Hbond substituents is 1.